The summed E-state index contributed by atoms with van der Waals surface area (Å²) in [6.45, 7) is 7.99. The van der Waals surface area contributed by atoms with Crippen molar-refractivity contribution in [3.05, 3.63) is 18.2 Å². The highest BCUT2D eigenvalue weighted by molar-refractivity contribution is 7.89. The van der Waals surface area contributed by atoms with Gasteiger partial charge in [0.2, 0.25) is 15.9 Å². The Morgan fingerprint density at radius 1 is 1.11 bits per heavy atom. The number of nitrogens with zero attached hydrogens (tertiary/aromatic N) is 2. The molecular formula is C19H31N3O5S. The van der Waals surface area contributed by atoms with Gasteiger partial charge in [-0.1, -0.05) is 13.8 Å². The van der Waals surface area contributed by atoms with E-state index in [1.54, 1.807) is 12.1 Å². The summed E-state index contributed by atoms with van der Waals surface area (Å²) in [5.74, 6) is 1.06. The first-order chi connectivity index (χ1) is 13.2. The van der Waals surface area contributed by atoms with E-state index in [4.69, 9.17) is 9.47 Å². The number of hydrogen-bond acceptors (Lipinski definition) is 6. The molecule has 9 heteroatoms. The lowest BCUT2D eigenvalue weighted by molar-refractivity contribution is -0.123. The van der Waals surface area contributed by atoms with Crippen LogP contribution in [-0.4, -0.2) is 76.5 Å². The Bertz CT molecular complexity index is 774. The van der Waals surface area contributed by atoms with Crippen LogP contribution in [0.25, 0.3) is 0 Å². The first-order valence-corrected chi connectivity index (χ1v) is 10.9. The van der Waals surface area contributed by atoms with Crippen LogP contribution >= 0.6 is 0 Å². The number of carbonyl (C=O) groups excluding carboxylic acids is 1. The van der Waals surface area contributed by atoms with Crippen molar-refractivity contribution in [2.75, 3.05) is 46.9 Å². The molecule has 1 aliphatic rings. The van der Waals surface area contributed by atoms with E-state index < -0.39 is 10.0 Å². The summed E-state index contributed by atoms with van der Waals surface area (Å²) in [7, 11) is -0.790. The van der Waals surface area contributed by atoms with E-state index in [9.17, 15) is 13.2 Å². The SMILES string of the molecule is COc1ccc(OC)c(S(=O)(=O)N2CCN(CC(=O)N[C@H](C)C(C)C)CC2)c1. The van der Waals surface area contributed by atoms with E-state index in [1.165, 1.54) is 24.6 Å². The number of ether oxygens (including phenoxy) is 2. The van der Waals surface area contributed by atoms with Gasteiger partial charge in [0.1, 0.15) is 16.4 Å². The van der Waals surface area contributed by atoms with E-state index in [-0.39, 0.29) is 29.1 Å². The second kappa shape index (κ2) is 9.58. The standard InChI is InChI=1S/C19H31N3O5S/c1-14(2)15(3)20-19(23)13-21-8-10-22(11-9-21)28(24,25)18-12-16(26-4)6-7-17(18)27-5/h6-7,12,14-15H,8-11,13H2,1-5H3,(H,20,23)/t15-/m1/s1. The van der Waals surface area contributed by atoms with Crippen LogP contribution in [0.15, 0.2) is 23.1 Å². The zero-order valence-corrected chi connectivity index (χ0v) is 18.1. The molecule has 1 aliphatic heterocycles. The molecule has 1 amide bonds. The van der Waals surface area contributed by atoms with Crippen LogP contribution in [0.4, 0.5) is 0 Å². The predicted octanol–water partition coefficient (Wildman–Crippen LogP) is 1.17. The van der Waals surface area contributed by atoms with Gasteiger partial charge in [0.15, 0.2) is 0 Å². The first-order valence-electron chi connectivity index (χ1n) is 9.43. The first kappa shape index (κ1) is 22.4. The van der Waals surface area contributed by atoms with Gasteiger partial charge in [-0.3, -0.25) is 9.69 Å². The van der Waals surface area contributed by atoms with Crippen LogP contribution in [0.3, 0.4) is 0 Å². The van der Waals surface area contributed by atoms with Crippen molar-refractivity contribution in [1.29, 1.82) is 0 Å². The number of rotatable bonds is 8. The normalized spacial score (nSPS) is 17.4. The molecule has 0 radical (unpaired) electrons. The second-order valence-corrected chi connectivity index (χ2v) is 9.20. The molecule has 2 rings (SSSR count). The van der Waals surface area contributed by atoms with Gasteiger partial charge in [-0.05, 0) is 25.0 Å². The van der Waals surface area contributed by atoms with Crippen LogP contribution in [0.1, 0.15) is 20.8 Å². The predicted molar refractivity (Wildman–Crippen MR) is 107 cm³/mol. The fraction of sp³-hybridized carbons (Fsp3) is 0.632. The Balaban J connectivity index is 2.01. The van der Waals surface area contributed by atoms with Gasteiger partial charge in [0, 0.05) is 38.3 Å². The van der Waals surface area contributed by atoms with Crippen molar-refractivity contribution in [3.63, 3.8) is 0 Å². The molecule has 0 aromatic heterocycles. The minimum atomic E-state index is -3.72. The van der Waals surface area contributed by atoms with Gasteiger partial charge in [0.05, 0.1) is 20.8 Å². The number of piperazine rings is 1. The number of hydrogen-bond donors (Lipinski definition) is 1. The smallest absolute Gasteiger partial charge is 0.246 e. The monoisotopic (exact) mass is 413 g/mol. The van der Waals surface area contributed by atoms with Gasteiger partial charge in [-0.15, -0.1) is 0 Å². The molecule has 1 aromatic rings. The largest absolute Gasteiger partial charge is 0.497 e. The summed E-state index contributed by atoms with van der Waals surface area (Å²) < 4.78 is 38.0. The van der Waals surface area contributed by atoms with Crippen molar-refractivity contribution in [1.82, 2.24) is 14.5 Å². The molecule has 0 spiro atoms. The molecule has 1 N–H and O–H groups in total. The number of sulfonamides is 1. The summed E-state index contributed by atoms with van der Waals surface area (Å²) in [4.78, 5) is 14.2. The molecule has 0 aliphatic carbocycles. The van der Waals surface area contributed by atoms with E-state index in [0.717, 1.165) is 0 Å². The zero-order valence-electron chi connectivity index (χ0n) is 17.3. The maximum absolute atomic E-state index is 13.1. The molecule has 1 aromatic carbocycles. The van der Waals surface area contributed by atoms with E-state index in [2.05, 4.69) is 19.2 Å². The fourth-order valence-corrected chi connectivity index (χ4v) is 4.51. The average molecular weight is 414 g/mol. The lowest BCUT2D eigenvalue weighted by Gasteiger charge is -2.34. The maximum Gasteiger partial charge on any atom is 0.246 e. The van der Waals surface area contributed by atoms with E-state index >= 15 is 0 Å². The zero-order chi connectivity index (χ0) is 20.9. The fourth-order valence-electron chi connectivity index (χ4n) is 2.92. The van der Waals surface area contributed by atoms with Crippen molar-refractivity contribution < 1.29 is 22.7 Å². The van der Waals surface area contributed by atoms with Crippen LogP contribution in [-0.2, 0) is 14.8 Å². The summed E-state index contributed by atoms with van der Waals surface area (Å²) >= 11 is 0. The molecule has 28 heavy (non-hydrogen) atoms. The van der Waals surface area contributed by atoms with Gasteiger partial charge in [-0.25, -0.2) is 8.42 Å². The van der Waals surface area contributed by atoms with Crippen LogP contribution in [0, 0.1) is 5.92 Å². The highest BCUT2D eigenvalue weighted by Gasteiger charge is 2.31. The summed E-state index contributed by atoms with van der Waals surface area (Å²) in [6.07, 6.45) is 0. The number of nitrogens with one attached hydrogen (secondary N) is 1. The van der Waals surface area contributed by atoms with Crippen LogP contribution < -0.4 is 14.8 Å². The Hall–Kier alpha value is -1.84. The molecule has 0 bridgehead atoms. The van der Waals surface area contributed by atoms with Crippen LogP contribution in [0.2, 0.25) is 0 Å². The Morgan fingerprint density at radius 2 is 1.75 bits per heavy atom. The lowest BCUT2D eigenvalue weighted by atomic mass is 10.1. The van der Waals surface area contributed by atoms with Gasteiger partial charge in [0.25, 0.3) is 0 Å². The minimum absolute atomic E-state index is 0.0352. The third kappa shape index (κ3) is 5.36. The summed E-state index contributed by atoms with van der Waals surface area (Å²) in [5.41, 5.74) is 0. The molecule has 0 unspecified atom stereocenters. The van der Waals surface area contributed by atoms with Crippen molar-refractivity contribution in [2.45, 2.75) is 31.7 Å². The second-order valence-electron chi connectivity index (χ2n) is 7.30. The van der Waals surface area contributed by atoms with E-state index in [1.807, 2.05) is 11.8 Å². The molecule has 8 nitrogen and oxygen atoms in total. The summed E-state index contributed by atoms with van der Waals surface area (Å²) in [5, 5.41) is 2.98. The lowest BCUT2D eigenvalue weighted by Crippen LogP contribution is -2.52. The molecule has 1 saturated heterocycles. The Kier molecular flexibility index (Phi) is 7.68. The Morgan fingerprint density at radius 3 is 2.29 bits per heavy atom. The van der Waals surface area contributed by atoms with Gasteiger partial charge >= 0.3 is 0 Å². The molecule has 1 fully saturated rings. The van der Waals surface area contributed by atoms with E-state index in [0.29, 0.717) is 37.8 Å². The minimum Gasteiger partial charge on any atom is -0.497 e. The third-order valence-electron chi connectivity index (χ3n) is 5.08. The van der Waals surface area contributed by atoms with Crippen LogP contribution in [0.5, 0.6) is 11.5 Å². The number of carbonyl (C=O) groups is 1. The average Bonchev–Trinajstić information content (AvgIpc) is 2.67. The molecular weight excluding hydrogens is 382 g/mol. The Labute approximate surface area is 167 Å². The highest BCUT2D eigenvalue weighted by Crippen LogP contribution is 2.31. The molecule has 1 heterocycles. The quantitative estimate of drug-likeness (QED) is 0.688. The molecule has 1 atom stereocenters. The van der Waals surface area contributed by atoms with Gasteiger partial charge < -0.3 is 14.8 Å². The number of methoxy groups -OCH3 is 2. The molecule has 158 valence electrons. The van der Waals surface area contributed by atoms with Crippen molar-refractivity contribution in [3.8, 4) is 11.5 Å². The topological polar surface area (TPSA) is 88.2 Å². The van der Waals surface area contributed by atoms with Crippen molar-refractivity contribution >= 4 is 15.9 Å². The third-order valence-corrected chi connectivity index (χ3v) is 7.00. The number of amides is 1. The highest BCUT2D eigenvalue weighted by atomic mass is 32.2. The maximum atomic E-state index is 13.1. The van der Waals surface area contributed by atoms with Gasteiger partial charge in [-0.2, -0.15) is 4.31 Å². The summed E-state index contributed by atoms with van der Waals surface area (Å²) in [6, 6.07) is 4.82. The number of benzene rings is 1. The molecule has 0 saturated carbocycles. The van der Waals surface area contributed by atoms with Crippen molar-refractivity contribution in [2.24, 2.45) is 5.92 Å².